The van der Waals surface area contributed by atoms with Crippen molar-refractivity contribution in [1.82, 2.24) is 15.3 Å². The summed E-state index contributed by atoms with van der Waals surface area (Å²) in [6.07, 6.45) is 5.05. The number of anilines is 1. The molecule has 1 aliphatic rings. The Balaban J connectivity index is 1.90. The minimum Gasteiger partial charge on any atom is -0.379 e. The summed E-state index contributed by atoms with van der Waals surface area (Å²) in [5.41, 5.74) is 0.284. The maximum absolute atomic E-state index is 11.8. The standard InChI is InChI=1S/C12H18N4O2/c1-9-13-6-10(7-14-9)15-11(17)16-12(2)4-3-5-18-8-12/h6-7H,3-5,8H2,1-2H3,(H2,15,16,17). The fourth-order valence-corrected chi connectivity index (χ4v) is 1.93. The van der Waals surface area contributed by atoms with Gasteiger partial charge in [0.2, 0.25) is 0 Å². The van der Waals surface area contributed by atoms with Crippen LogP contribution in [0, 0.1) is 6.92 Å². The molecule has 1 unspecified atom stereocenters. The molecular formula is C12H18N4O2. The summed E-state index contributed by atoms with van der Waals surface area (Å²) >= 11 is 0. The Morgan fingerprint density at radius 2 is 2.17 bits per heavy atom. The lowest BCUT2D eigenvalue weighted by Crippen LogP contribution is -2.52. The largest absolute Gasteiger partial charge is 0.379 e. The highest BCUT2D eigenvalue weighted by Crippen LogP contribution is 2.18. The molecule has 1 aromatic heterocycles. The molecule has 0 aromatic carbocycles. The van der Waals surface area contributed by atoms with Crippen molar-refractivity contribution >= 4 is 11.7 Å². The zero-order valence-corrected chi connectivity index (χ0v) is 10.7. The Morgan fingerprint density at radius 1 is 1.44 bits per heavy atom. The quantitative estimate of drug-likeness (QED) is 0.833. The van der Waals surface area contributed by atoms with Gasteiger partial charge in [0.1, 0.15) is 5.82 Å². The summed E-state index contributed by atoms with van der Waals surface area (Å²) in [7, 11) is 0. The van der Waals surface area contributed by atoms with Gasteiger partial charge >= 0.3 is 6.03 Å². The van der Waals surface area contributed by atoms with Gasteiger partial charge in [0, 0.05) is 6.61 Å². The van der Waals surface area contributed by atoms with Crippen LogP contribution < -0.4 is 10.6 Å². The van der Waals surface area contributed by atoms with Gasteiger partial charge in [0.05, 0.1) is 30.2 Å². The predicted octanol–water partition coefficient (Wildman–Crippen LogP) is 1.48. The zero-order valence-electron chi connectivity index (χ0n) is 10.7. The summed E-state index contributed by atoms with van der Waals surface area (Å²) in [6.45, 7) is 5.09. The SMILES string of the molecule is Cc1ncc(NC(=O)NC2(C)CCCOC2)cn1. The Bertz CT molecular complexity index is 413. The molecule has 18 heavy (non-hydrogen) atoms. The summed E-state index contributed by atoms with van der Waals surface area (Å²) in [4.78, 5) is 19.9. The third-order valence-corrected chi connectivity index (χ3v) is 2.89. The third-order valence-electron chi connectivity index (χ3n) is 2.89. The van der Waals surface area contributed by atoms with Crippen molar-refractivity contribution in [3.05, 3.63) is 18.2 Å². The van der Waals surface area contributed by atoms with Gasteiger partial charge in [-0.3, -0.25) is 0 Å². The molecule has 1 fully saturated rings. The molecule has 0 saturated carbocycles. The lowest BCUT2D eigenvalue weighted by Gasteiger charge is -2.34. The number of aromatic nitrogens is 2. The normalized spacial score (nSPS) is 23.4. The van der Waals surface area contributed by atoms with E-state index in [1.807, 2.05) is 6.92 Å². The Kier molecular flexibility index (Phi) is 3.76. The van der Waals surface area contributed by atoms with Crippen LogP contribution in [-0.4, -0.2) is 34.8 Å². The van der Waals surface area contributed by atoms with Gasteiger partial charge in [-0.05, 0) is 26.7 Å². The van der Waals surface area contributed by atoms with Crippen molar-refractivity contribution in [3.8, 4) is 0 Å². The second kappa shape index (κ2) is 5.30. The first-order chi connectivity index (χ1) is 8.57. The van der Waals surface area contributed by atoms with Gasteiger partial charge in [0.15, 0.2) is 0 Å². The molecule has 0 aliphatic carbocycles. The number of amides is 2. The van der Waals surface area contributed by atoms with Gasteiger partial charge in [-0.25, -0.2) is 14.8 Å². The van der Waals surface area contributed by atoms with Crippen LogP contribution in [0.15, 0.2) is 12.4 Å². The maximum Gasteiger partial charge on any atom is 0.319 e. The molecule has 2 amide bonds. The number of ether oxygens (including phenoxy) is 1. The fraction of sp³-hybridized carbons (Fsp3) is 0.583. The number of nitrogens with one attached hydrogen (secondary N) is 2. The molecule has 1 aliphatic heterocycles. The molecule has 2 heterocycles. The maximum atomic E-state index is 11.8. The van der Waals surface area contributed by atoms with Crippen LogP contribution >= 0.6 is 0 Å². The summed E-state index contributed by atoms with van der Waals surface area (Å²) in [5, 5.41) is 5.64. The second-order valence-electron chi connectivity index (χ2n) is 4.81. The van der Waals surface area contributed by atoms with E-state index in [1.54, 1.807) is 19.3 Å². The highest BCUT2D eigenvalue weighted by atomic mass is 16.5. The van der Waals surface area contributed by atoms with Crippen molar-refractivity contribution in [2.75, 3.05) is 18.5 Å². The van der Waals surface area contributed by atoms with Crippen LogP contribution in [-0.2, 0) is 4.74 Å². The summed E-state index contributed by atoms with van der Waals surface area (Å²) in [6, 6.07) is -0.254. The fourth-order valence-electron chi connectivity index (χ4n) is 1.93. The van der Waals surface area contributed by atoms with E-state index < -0.39 is 0 Å². The van der Waals surface area contributed by atoms with E-state index in [0.717, 1.165) is 19.4 Å². The van der Waals surface area contributed by atoms with E-state index in [2.05, 4.69) is 20.6 Å². The van der Waals surface area contributed by atoms with E-state index >= 15 is 0 Å². The van der Waals surface area contributed by atoms with E-state index in [4.69, 9.17) is 4.74 Å². The van der Waals surface area contributed by atoms with Crippen LogP contribution in [0.2, 0.25) is 0 Å². The number of urea groups is 1. The van der Waals surface area contributed by atoms with Crippen molar-refractivity contribution < 1.29 is 9.53 Å². The molecular weight excluding hydrogens is 232 g/mol. The highest BCUT2D eigenvalue weighted by molar-refractivity contribution is 5.89. The Morgan fingerprint density at radius 3 is 2.78 bits per heavy atom. The lowest BCUT2D eigenvalue weighted by molar-refractivity contribution is 0.0342. The average molecular weight is 250 g/mol. The molecule has 0 radical (unpaired) electrons. The predicted molar refractivity (Wildman–Crippen MR) is 67.4 cm³/mol. The van der Waals surface area contributed by atoms with Gasteiger partial charge in [-0.2, -0.15) is 0 Å². The molecule has 1 saturated heterocycles. The molecule has 2 N–H and O–H groups in total. The number of hydrogen-bond donors (Lipinski definition) is 2. The average Bonchev–Trinajstić information content (AvgIpc) is 2.32. The molecule has 2 rings (SSSR count). The van der Waals surface area contributed by atoms with Crippen LogP contribution in [0.5, 0.6) is 0 Å². The smallest absolute Gasteiger partial charge is 0.319 e. The Hall–Kier alpha value is -1.69. The first-order valence-electron chi connectivity index (χ1n) is 6.03. The van der Waals surface area contributed by atoms with Crippen molar-refractivity contribution in [1.29, 1.82) is 0 Å². The van der Waals surface area contributed by atoms with Crippen molar-refractivity contribution in [2.24, 2.45) is 0 Å². The molecule has 1 aromatic rings. The van der Waals surface area contributed by atoms with Crippen LogP contribution in [0.25, 0.3) is 0 Å². The monoisotopic (exact) mass is 250 g/mol. The number of rotatable bonds is 2. The van der Waals surface area contributed by atoms with E-state index in [-0.39, 0.29) is 11.6 Å². The number of nitrogens with zero attached hydrogens (tertiary/aromatic N) is 2. The zero-order chi connectivity index (χ0) is 13.0. The Labute approximate surface area is 106 Å². The first-order valence-corrected chi connectivity index (χ1v) is 6.03. The van der Waals surface area contributed by atoms with Crippen LogP contribution in [0.1, 0.15) is 25.6 Å². The highest BCUT2D eigenvalue weighted by Gasteiger charge is 2.29. The summed E-state index contributed by atoms with van der Waals surface area (Å²) in [5.74, 6) is 0.675. The van der Waals surface area contributed by atoms with Gasteiger partial charge in [-0.15, -0.1) is 0 Å². The first kappa shape index (κ1) is 12.8. The number of carbonyl (C=O) groups is 1. The third kappa shape index (κ3) is 3.40. The number of hydrogen-bond acceptors (Lipinski definition) is 4. The topological polar surface area (TPSA) is 76.1 Å². The lowest BCUT2D eigenvalue weighted by atomic mass is 9.95. The van der Waals surface area contributed by atoms with Gasteiger partial charge in [-0.1, -0.05) is 0 Å². The molecule has 0 spiro atoms. The van der Waals surface area contributed by atoms with Gasteiger partial charge < -0.3 is 15.4 Å². The molecule has 6 nitrogen and oxygen atoms in total. The van der Waals surface area contributed by atoms with Crippen molar-refractivity contribution in [3.63, 3.8) is 0 Å². The molecule has 0 bridgehead atoms. The molecule has 1 atom stereocenters. The number of aryl methyl sites for hydroxylation is 1. The van der Waals surface area contributed by atoms with Gasteiger partial charge in [0.25, 0.3) is 0 Å². The van der Waals surface area contributed by atoms with E-state index in [0.29, 0.717) is 18.1 Å². The van der Waals surface area contributed by atoms with Crippen molar-refractivity contribution in [2.45, 2.75) is 32.2 Å². The second-order valence-corrected chi connectivity index (χ2v) is 4.81. The van der Waals surface area contributed by atoms with E-state index in [1.165, 1.54) is 0 Å². The molecule has 98 valence electrons. The summed E-state index contributed by atoms with van der Waals surface area (Å²) < 4.78 is 5.38. The van der Waals surface area contributed by atoms with E-state index in [9.17, 15) is 4.79 Å². The van der Waals surface area contributed by atoms with Crippen LogP contribution in [0.4, 0.5) is 10.5 Å². The minimum absolute atomic E-state index is 0.254. The van der Waals surface area contributed by atoms with Crippen LogP contribution in [0.3, 0.4) is 0 Å². The number of carbonyl (C=O) groups excluding carboxylic acids is 1. The minimum atomic E-state index is -0.298. The molecule has 6 heteroatoms.